The number of nitrogens with one attached hydrogen (secondary N) is 2. The average Bonchev–Trinajstić information content (AvgIpc) is 3.04. The van der Waals surface area contributed by atoms with Gasteiger partial charge in [0.05, 0.1) is 24.7 Å². The summed E-state index contributed by atoms with van der Waals surface area (Å²) in [6.45, 7) is 8.54. The molecule has 10 heteroatoms. The van der Waals surface area contributed by atoms with Gasteiger partial charge in [0.15, 0.2) is 11.7 Å². The van der Waals surface area contributed by atoms with E-state index in [4.69, 9.17) is 9.26 Å². The Morgan fingerprint density at radius 1 is 1.26 bits per heavy atom. The molecule has 2 N–H and O–H groups in total. The van der Waals surface area contributed by atoms with E-state index in [1.165, 1.54) is 6.26 Å². The lowest BCUT2D eigenvalue weighted by molar-refractivity contribution is 0.154. The first-order valence-corrected chi connectivity index (χ1v) is 11.2. The minimum Gasteiger partial charge on any atom is -0.379 e. The number of ether oxygens (including phenoxy) is 1. The van der Waals surface area contributed by atoms with Crippen molar-refractivity contribution in [3.05, 3.63) is 17.5 Å². The monoisotopic (exact) mass is 516 g/mol. The van der Waals surface area contributed by atoms with Crippen LogP contribution in [0.3, 0.4) is 0 Å². The fraction of sp³-hybridized carbons (Fsp3) is 0.765. The summed E-state index contributed by atoms with van der Waals surface area (Å²) in [6, 6.07) is 1.97. The lowest BCUT2D eigenvalue weighted by Crippen LogP contribution is -2.39. The summed E-state index contributed by atoms with van der Waals surface area (Å²) in [5, 5.41) is 10.4. The molecule has 8 nitrogen and oxygen atoms in total. The maximum atomic E-state index is 11.0. The van der Waals surface area contributed by atoms with Gasteiger partial charge >= 0.3 is 0 Å². The van der Waals surface area contributed by atoms with Crippen molar-refractivity contribution < 1.29 is 17.7 Å². The maximum absolute atomic E-state index is 11.0. The van der Waals surface area contributed by atoms with Gasteiger partial charge in [-0.1, -0.05) is 19.0 Å². The summed E-state index contributed by atoms with van der Waals surface area (Å²) < 4.78 is 32.7. The van der Waals surface area contributed by atoms with Crippen molar-refractivity contribution in [2.75, 3.05) is 38.3 Å². The molecule has 0 aliphatic heterocycles. The lowest BCUT2D eigenvalue weighted by atomic mass is 9.99. The van der Waals surface area contributed by atoms with E-state index >= 15 is 0 Å². The van der Waals surface area contributed by atoms with Gasteiger partial charge in [0.25, 0.3) is 0 Å². The van der Waals surface area contributed by atoms with Gasteiger partial charge in [-0.25, -0.2) is 13.4 Å². The predicted octanol–water partition coefficient (Wildman–Crippen LogP) is 2.31. The van der Waals surface area contributed by atoms with E-state index in [-0.39, 0.29) is 36.3 Å². The Morgan fingerprint density at radius 2 is 1.96 bits per heavy atom. The van der Waals surface area contributed by atoms with Crippen LogP contribution >= 0.6 is 24.0 Å². The van der Waals surface area contributed by atoms with Crippen LogP contribution in [0, 0.1) is 0 Å². The second-order valence-electron chi connectivity index (χ2n) is 6.10. The molecule has 0 saturated carbocycles. The van der Waals surface area contributed by atoms with Crippen LogP contribution in [-0.4, -0.2) is 57.8 Å². The third kappa shape index (κ3) is 11.5. The van der Waals surface area contributed by atoms with E-state index in [9.17, 15) is 8.42 Å². The summed E-state index contributed by atoms with van der Waals surface area (Å²) in [4.78, 5) is 4.47. The van der Waals surface area contributed by atoms with Gasteiger partial charge in [0.1, 0.15) is 16.4 Å². The Labute approximate surface area is 179 Å². The smallest absolute Gasteiger partial charge is 0.191 e. The number of halogens is 1. The normalized spacial score (nSPS) is 12.1. The van der Waals surface area contributed by atoms with E-state index in [1.54, 1.807) is 0 Å². The van der Waals surface area contributed by atoms with Crippen molar-refractivity contribution in [3.63, 3.8) is 0 Å². The zero-order valence-corrected chi connectivity index (χ0v) is 19.8. The SMILES string of the molecule is CCNC(=NCc1cc(C(CC)CC)no1)NCCOCCS(C)(=O)=O.I. The molecule has 158 valence electrons. The fourth-order valence-electron chi connectivity index (χ4n) is 2.36. The van der Waals surface area contributed by atoms with Gasteiger partial charge < -0.3 is 19.9 Å². The Hall–Kier alpha value is -0.880. The zero-order valence-electron chi connectivity index (χ0n) is 16.7. The molecule has 0 fully saturated rings. The topological polar surface area (TPSA) is 106 Å². The largest absolute Gasteiger partial charge is 0.379 e. The number of nitrogens with zero attached hydrogens (tertiary/aromatic N) is 2. The first-order valence-electron chi connectivity index (χ1n) is 9.12. The van der Waals surface area contributed by atoms with Crippen molar-refractivity contribution in [1.82, 2.24) is 15.8 Å². The molecule has 0 amide bonds. The minimum absolute atomic E-state index is 0. The van der Waals surface area contributed by atoms with E-state index in [0.29, 0.717) is 31.6 Å². The van der Waals surface area contributed by atoms with Gasteiger partial charge in [-0.05, 0) is 19.8 Å². The van der Waals surface area contributed by atoms with Crippen LogP contribution in [0.4, 0.5) is 0 Å². The van der Waals surface area contributed by atoms with Gasteiger partial charge in [-0.2, -0.15) is 0 Å². The quantitative estimate of drug-likeness (QED) is 0.190. The van der Waals surface area contributed by atoms with Crippen LogP contribution in [-0.2, 0) is 21.1 Å². The number of guanidine groups is 1. The number of rotatable bonds is 12. The highest BCUT2D eigenvalue weighted by Crippen LogP contribution is 2.22. The molecular formula is C17H33IN4O4S. The van der Waals surface area contributed by atoms with Gasteiger partial charge in [0.2, 0.25) is 0 Å². The third-order valence-electron chi connectivity index (χ3n) is 3.86. The highest BCUT2D eigenvalue weighted by molar-refractivity contribution is 14.0. The molecule has 0 bridgehead atoms. The molecule has 0 aliphatic carbocycles. The molecule has 0 saturated heterocycles. The molecule has 1 aromatic rings. The molecule has 0 atom stereocenters. The van der Waals surface area contributed by atoms with Crippen LogP contribution < -0.4 is 10.6 Å². The number of sulfone groups is 1. The first kappa shape index (κ1) is 26.1. The van der Waals surface area contributed by atoms with E-state index in [0.717, 1.165) is 30.8 Å². The van der Waals surface area contributed by atoms with Crippen molar-refractivity contribution in [3.8, 4) is 0 Å². The van der Waals surface area contributed by atoms with Crippen LogP contribution in [0.5, 0.6) is 0 Å². The molecule has 0 radical (unpaired) electrons. The van der Waals surface area contributed by atoms with Crippen LogP contribution in [0.2, 0.25) is 0 Å². The second-order valence-corrected chi connectivity index (χ2v) is 8.36. The summed E-state index contributed by atoms with van der Waals surface area (Å²) >= 11 is 0. The van der Waals surface area contributed by atoms with Crippen molar-refractivity contribution >= 4 is 39.8 Å². The Balaban J connectivity index is 0.00000676. The van der Waals surface area contributed by atoms with E-state index in [2.05, 4.69) is 34.6 Å². The van der Waals surface area contributed by atoms with E-state index in [1.807, 2.05) is 13.0 Å². The Morgan fingerprint density at radius 3 is 2.56 bits per heavy atom. The molecule has 1 heterocycles. The Kier molecular flexibility index (Phi) is 13.7. The summed E-state index contributed by atoms with van der Waals surface area (Å²) in [5.41, 5.74) is 0.984. The first-order chi connectivity index (χ1) is 12.4. The molecule has 0 spiro atoms. The Bertz CT molecular complexity index is 645. The highest BCUT2D eigenvalue weighted by atomic mass is 127. The van der Waals surface area contributed by atoms with Gasteiger partial charge in [-0.3, -0.25) is 0 Å². The predicted molar refractivity (Wildman–Crippen MR) is 119 cm³/mol. The fourth-order valence-corrected chi connectivity index (χ4v) is 2.78. The minimum atomic E-state index is -2.98. The van der Waals surface area contributed by atoms with Crippen LogP contribution in [0.15, 0.2) is 15.6 Å². The summed E-state index contributed by atoms with van der Waals surface area (Å²) in [7, 11) is -2.98. The molecule has 0 aromatic carbocycles. The molecule has 1 aromatic heterocycles. The summed E-state index contributed by atoms with van der Waals surface area (Å²) in [5.74, 6) is 1.84. The average molecular weight is 516 g/mol. The molecule has 1 rings (SSSR count). The number of hydrogen-bond donors (Lipinski definition) is 2. The van der Waals surface area contributed by atoms with Crippen LogP contribution in [0.1, 0.15) is 51.0 Å². The molecular weight excluding hydrogens is 483 g/mol. The lowest BCUT2D eigenvalue weighted by Gasteiger charge is -2.11. The second kappa shape index (κ2) is 14.2. The number of aliphatic imine (C=N–C) groups is 1. The molecule has 0 unspecified atom stereocenters. The zero-order chi connectivity index (χ0) is 19.4. The van der Waals surface area contributed by atoms with Gasteiger partial charge in [-0.15, -0.1) is 24.0 Å². The molecule has 0 aliphatic rings. The highest BCUT2D eigenvalue weighted by Gasteiger charge is 2.12. The third-order valence-corrected chi connectivity index (χ3v) is 4.76. The number of hydrogen-bond acceptors (Lipinski definition) is 6. The standard InChI is InChI=1S/C17H32N4O4S.HI/c1-5-14(6-2)16-12-15(25-21-16)13-20-17(18-7-3)19-8-9-24-10-11-26(4,22)23;/h12,14H,5-11,13H2,1-4H3,(H2,18,19,20);1H. The molecule has 27 heavy (non-hydrogen) atoms. The summed E-state index contributed by atoms with van der Waals surface area (Å²) in [6.07, 6.45) is 3.27. The van der Waals surface area contributed by atoms with Crippen LogP contribution in [0.25, 0.3) is 0 Å². The van der Waals surface area contributed by atoms with E-state index < -0.39 is 9.84 Å². The maximum Gasteiger partial charge on any atom is 0.191 e. The van der Waals surface area contributed by atoms with Crippen molar-refractivity contribution in [1.29, 1.82) is 0 Å². The van der Waals surface area contributed by atoms with Crippen molar-refractivity contribution in [2.45, 2.75) is 46.1 Å². The van der Waals surface area contributed by atoms with Crippen molar-refractivity contribution in [2.24, 2.45) is 4.99 Å². The number of aromatic nitrogens is 1. The van der Waals surface area contributed by atoms with Gasteiger partial charge in [0, 0.05) is 31.3 Å².